The van der Waals surface area contributed by atoms with E-state index in [-0.39, 0.29) is 12.2 Å². The van der Waals surface area contributed by atoms with E-state index < -0.39 is 17.4 Å². The van der Waals surface area contributed by atoms with Crippen molar-refractivity contribution < 1.29 is 23.8 Å². The minimum absolute atomic E-state index is 0.0877. The molecule has 0 amide bonds. The normalized spacial score (nSPS) is 10.8. The second kappa shape index (κ2) is 6.27. The maximum atomic E-state index is 11.9. The van der Waals surface area contributed by atoms with Crippen LogP contribution in [0.25, 0.3) is 0 Å². The Hall–Kier alpha value is -2.24. The number of rotatable bonds is 5. The van der Waals surface area contributed by atoms with Crippen LogP contribution in [0.4, 0.5) is 5.69 Å². The first kappa shape index (κ1) is 15.8. The largest absolute Gasteiger partial charge is 0.497 e. The number of ether oxygens (including phenoxy) is 3. The van der Waals surface area contributed by atoms with Gasteiger partial charge in [-0.25, -0.2) is 4.79 Å². The monoisotopic (exact) mass is 281 g/mol. The molecule has 0 atom stereocenters. The first-order valence-corrected chi connectivity index (χ1v) is 6.00. The third-order valence-electron chi connectivity index (χ3n) is 2.70. The first-order valence-electron chi connectivity index (χ1n) is 6.00. The predicted molar refractivity (Wildman–Crippen MR) is 73.5 cm³/mol. The second-order valence-corrected chi connectivity index (χ2v) is 4.95. The fourth-order valence-corrected chi connectivity index (χ4v) is 1.52. The molecule has 6 nitrogen and oxygen atoms in total. The molecular weight excluding hydrogens is 262 g/mol. The number of anilines is 1. The molecule has 1 aromatic rings. The van der Waals surface area contributed by atoms with Gasteiger partial charge in [0.1, 0.15) is 12.4 Å². The molecule has 0 aliphatic carbocycles. The molecule has 2 N–H and O–H groups in total. The van der Waals surface area contributed by atoms with Gasteiger partial charge in [0.05, 0.1) is 25.2 Å². The van der Waals surface area contributed by atoms with Gasteiger partial charge in [-0.15, -0.1) is 0 Å². The van der Waals surface area contributed by atoms with Crippen molar-refractivity contribution in [2.24, 2.45) is 5.41 Å². The number of hydrogen-bond donors (Lipinski definition) is 1. The van der Waals surface area contributed by atoms with Crippen LogP contribution in [0.3, 0.4) is 0 Å². The van der Waals surface area contributed by atoms with Crippen LogP contribution in [0.5, 0.6) is 5.75 Å². The van der Waals surface area contributed by atoms with E-state index in [4.69, 9.17) is 15.2 Å². The van der Waals surface area contributed by atoms with Crippen LogP contribution in [0, 0.1) is 5.41 Å². The Labute approximate surface area is 117 Å². The molecule has 0 radical (unpaired) electrons. The zero-order valence-electron chi connectivity index (χ0n) is 12.1. The Morgan fingerprint density at radius 2 is 1.85 bits per heavy atom. The van der Waals surface area contributed by atoms with E-state index in [1.807, 2.05) is 0 Å². The Bertz CT molecular complexity index is 510. The van der Waals surface area contributed by atoms with Crippen LogP contribution >= 0.6 is 0 Å². The molecular formula is C14H19NO5. The van der Waals surface area contributed by atoms with Crippen molar-refractivity contribution in [3.63, 3.8) is 0 Å². The number of methoxy groups -OCH3 is 2. The van der Waals surface area contributed by atoms with Gasteiger partial charge in [0.15, 0.2) is 0 Å². The van der Waals surface area contributed by atoms with Crippen molar-refractivity contribution in [2.75, 3.05) is 26.6 Å². The molecule has 20 heavy (non-hydrogen) atoms. The van der Waals surface area contributed by atoms with Gasteiger partial charge in [0.25, 0.3) is 0 Å². The minimum Gasteiger partial charge on any atom is -0.497 e. The van der Waals surface area contributed by atoms with Gasteiger partial charge in [-0.05, 0) is 26.0 Å². The average molecular weight is 281 g/mol. The Morgan fingerprint density at radius 1 is 1.20 bits per heavy atom. The molecule has 110 valence electrons. The lowest BCUT2D eigenvalue weighted by atomic mass is 9.95. The highest BCUT2D eigenvalue weighted by Gasteiger charge is 2.30. The van der Waals surface area contributed by atoms with Gasteiger partial charge < -0.3 is 19.9 Å². The van der Waals surface area contributed by atoms with Crippen molar-refractivity contribution in [3.8, 4) is 5.75 Å². The Kier molecular flexibility index (Phi) is 4.96. The van der Waals surface area contributed by atoms with Crippen molar-refractivity contribution in [2.45, 2.75) is 13.8 Å². The van der Waals surface area contributed by atoms with Gasteiger partial charge in [-0.1, -0.05) is 0 Å². The number of carbonyl (C=O) groups excluding carboxylic acids is 2. The van der Waals surface area contributed by atoms with E-state index in [0.717, 1.165) is 0 Å². The number of benzene rings is 1. The number of carbonyl (C=O) groups is 2. The predicted octanol–water partition coefficient (Wildman–Crippen LogP) is 1.63. The van der Waals surface area contributed by atoms with Crippen molar-refractivity contribution in [3.05, 3.63) is 23.8 Å². The van der Waals surface area contributed by atoms with Crippen LogP contribution in [0.1, 0.15) is 24.2 Å². The molecule has 0 saturated carbocycles. The molecule has 1 rings (SSSR count). The Morgan fingerprint density at radius 3 is 2.40 bits per heavy atom. The summed E-state index contributed by atoms with van der Waals surface area (Å²) in [6.07, 6.45) is 0. The number of nitrogens with two attached hydrogens (primary N) is 1. The minimum atomic E-state index is -0.908. The quantitative estimate of drug-likeness (QED) is 0.652. The van der Waals surface area contributed by atoms with Crippen LogP contribution in [-0.4, -0.2) is 32.8 Å². The van der Waals surface area contributed by atoms with E-state index in [0.29, 0.717) is 11.4 Å². The van der Waals surface area contributed by atoms with E-state index in [9.17, 15) is 9.59 Å². The van der Waals surface area contributed by atoms with E-state index >= 15 is 0 Å². The molecule has 0 heterocycles. The molecule has 0 aliphatic heterocycles. The van der Waals surface area contributed by atoms with Crippen LogP contribution in [0.15, 0.2) is 18.2 Å². The molecule has 0 saturated heterocycles. The summed E-state index contributed by atoms with van der Waals surface area (Å²) in [6, 6.07) is 4.59. The van der Waals surface area contributed by atoms with E-state index in [1.54, 1.807) is 19.9 Å². The third kappa shape index (κ3) is 3.88. The van der Waals surface area contributed by atoms with Crippen molar-refractivity contribution >= 4 is 17.6 Å². The van der Waals surface area contributed by atoms with Crippen LogP contribution in [0.2, 0.25) is 0 Å². The fourth-order valence-electron chi connectivity index (χ4n) is 1.52. The fraction of sp³-hybridized carbons (Fsp3) is 0.429. The highest BCUT2D eigenvalue weighted by atomic mass is 16.5. The molecule has 0 bridgehead atoms. The second-order valence-electron chi connectivity index (χ2n) is 4.95. The summed E-state index contributed by atoms with van der Waals surface area (Å²) in [6.45, 7) is 3.17. The summed E-state index contributed by atoms with van der Waals surface area (Å²) >= 11 is 0. The van der Waals surface area contributed by atoms with Gasteiger partial charge in [0, 0.05) is 11.8 Å². The maximum absolute atomic E-state index is 11.9. The SMILES string of the molecule is COC(=O)C(C)(C)COC(=O)c1cc(N)cc(OC)c1. The summed E-state index contributed by atoms with van der Waals surface area (Å²) in [5, 5.41) is 0. The Balaban J connectivity index is 2.77. The van der Waals surface area contributed by atoms with Gasteiger partial charge >= 0.3 is 11.9 Å². The molecule has 0 aromatic heterocycles. The van der Waals surface area contributed by atoms with E-state index in [1.165, 1.54) is 26.4 Å². The van der Waals surface area contributed by atoms with Crippen LogP contribution < -0.4 is 10.5 Å². The summed E-state index contributed by atoms with van der Waals surface area (Å²) in [5.74, 6) is -0.563. The average Bonchev–Trinajstić information content (AvgIpc) is 2.42. The summed E-state index contributed by atoms with van der Waals surface area (Å²) in [4.78, 5) is 23.4. The maximum Gasteiger partial charge on any atom is 0.338 e. The first-order chi connectivity index (χ1) is 9.30. The zero-order valence-corrected chi connectivity index (χ0v) is 12.1. The highest BCUT2D eigenvalue weighted by Crippen LogP contribution is 2.21. The molecule has 6 heteroatoms. The molecule has 0 spiro atoms. The van der Waals surface area contributed by atoms with Gasteiger partial charge in [0.2, 0.25) is 0 Å². The van der Waals surface area contributed by atoms with Gasteiger partial charge in [-0.3, -0.25) is 4.79 Å². The highest BCUT2D eigenvalue weighted by molar-refractivity contribution is 5.91. The van der Waals surface area contributed by atoms with Crippen LogP contribution in [-0.2, 0) is 14.3 Å². The lowest BCUT2D eigenvalue weighted by Gasteiger charge is -2.20. The third-order valence-corrected chi connectivity index (χ3v) is 2.70. The summed E-state index contributed by atoms with van der Waals surface area (Å²) in [5.41, 5.74) is 5.41. The summed E-state index contributed by atoms with van der Waals surface area (Å²) < 4.78 is 14.8. The topological polar surface area (TPSA) is 87.9 Å². The molecule has 1 aromatic carbocycles. The molecule has 0 unspecified atom stereocenters. The summed E-state index contributed by atoms with van der Waals surface area (Å²) in [7, 11) is 2.76. The molecule has 0 aliphatic rings. The van der Waals surface area contributed by atoms with Gasteiger partial charge in [-0.2, -0.15) is 0 Å². The van der Waals surface area contributed by atoms with Crippen molar-refractivity contribution in [1.29, 1.82) is 0 Å². The zero-order chi connectivity index (χ0) is 15.3. The van der Waals surface area contributed by atoms with Crippen molar-refractivity contribution in [1.82, 2.24) is 0 Å². The lowest BCUT2D eigenvalue weighted by molar-refractivity contribution is -0.152. The lowest BCUT2D eigenvalue weighted by Crippen LogP contribution is -2.31. The number of nitrogen functional groups attached to an aromatic ring is 1. The molecule has 0 fully saturated rings. The van der Waals surface area contributed by atoms with E-state index in [2.05, 4.69) is 4.74 Å². The number of esters is 2. The standard InChI is InChI=1S/C14H19NO5/c1-14(2,13(17)19-4)8-20-12(16)9-5-10(15)7-11(6-9)18-3/h5-7H,8,15H2,1-4H3. The number of hydrogen-bond acceptors (Lipinski definition) is 6. The smallest absolute Gasteiger partial charge is 0.338 e.